The number of hydrogen-bond acceptors (Lipinski definition) is 6. The van der Waals surface area contributed by atoms with Gasteiger partial charge >= 0.3 is 0 Å². The molecule has 1 aliphatic rings. The highest BCUT2D eigenvalue weighted by molar-refractivity contribution is 5.94. The zero-order valence-electron chi connectivity index (χ0n) is 22.8. The highest BCUT2D eigenvalue weighted by Crippen LogP contribution is 2.19. The molecule has 0 unspecified atom stereocenters. The lowest BCUT2D eigenvalue weighted by molar-refractivity contribution is -0.142. The number of carbonyl (C=O) groups is 3. The van der Waals surface area contributed by atoms with Crippen LogP contribution in [0.15, 0.2) is 66.7 Å². The van der Waals surface area contributed by atoms with Gasteiger partial charge in [0.15, 0.2) is 0 Å². The van der Waals surface area contributed by atoms with E-state index in [0.29, 0.717) is 44.5 Å². The number of amides is 3. The molecular weight excluding hydrogens is 496 g/mol. The first-order valence-corrected chi connectivity index (χ1v) is 13.5. The van der Waals surface area contributed by atoms with Crippen LogP contribution in [0.5, 0.6) is 5.75 Å². The Kier molecular flexibility index (Phi) is 11.5. The number of likely N-dealkylation sites (N-methyl/N-ethyl adjacent to an activating group) is 1. The smallest absolute Gasteiger partial charge is 0.245 e. The van der Waals surface area contributed by atoms with E-state index in [1.165, 1.54) is 11.9 Å². The minimum absolute atomic E-state index is 0.266. The maximum absolute atomic E-state index is 13.5. The van der Waals surface area contributed by atoms with Crippen molar-refractivity contribution in [3.05, 3.63) is 77.9 Å². The van der Waals surface area contributed by atoms with Crippen molar-refractivity contribution in [2.45, 2.75) is 50.7 Å². The van der Waals surface area contributed by atoms with Gasteiger partial charge in [-0.25, -0.2) is 0 Å². The largest absolute Gasteiger partial charge is 0.492 e. The number of rotatable bonds is 5. The van der Waals surface area contributed by atoms with E-state index in [1.54, 1.807) is 0 Å². The third-order valence-corrected chi connectivity index (χ3v) is 6.92. The van der Waals surface area contributed by atoms with Crippen LogP contribution in [-0.4, -0.2) is 79.2 Å². The molecule has 0 saturated heterocycles. The van der Waals surface area contributed by atoms with Gasteiger partial charge in [-0.1, -0.05) is 67.6 Å². The van der Waals surface area contributed by atoms with E-state index in [0.717, 1.165) is 16.9 Å². The summed E-state index contributed by atoms with van der Waals surface area (Å²) in [4.78, 5) is 41.2. The summed E-state index contributed by atoms with van der Waals surface area (Å²) >= 11 is 0. The quantitative estimate of drug-likeness (QED) is 0.431. The van der Waals surface area contributed by atoms with Crippen molar-refractivity contribution in [2.24, 2.45) is 0 Å². The van der Waals surface area contributed by atoms with E-state index >= 15 is 0 Å². The van der Waals surface area contributed by atoms with Crippen molar-refractivity contribution in [1.82, 2.24) is 20.9 Å². The fourth-order valence-corrected chi connectivity index (χ4v) is 4.50. The third-order valence-electron chi connectivity index (χ3n) is 6.92. The number of carbonyl (C=O) groups excluding carboxylic acids is 3. The number of para-hydroxylation sites is 1. The van der Waals surface area contributed by atoms with E-state index in [4.69, 9.17) is 4.74 Å². The number of ether oxygens (including phenoxy) is 1. The van der Waals surface area contributed by atoms with Gasteiger partial charge in [-0.2, -0.15) is 0 Å². The lowest BCUT2D eigenvalue weighted by Crippen LogP contribution is -2.58. The molecule has 9 nitrogen and oxygen atoms in total. The predicted molar refractivity (Wildman–Crippen MR) is 150 cm³/mol. The molecule has 39 heavy (non-hydrogen) atoms. The Labute approximate surface area is 230 Å². The molecule has 2 aromatic carbocycles. The maximum atomic E-state index is 13.5. The van der Waals surface area contributed by atoms with Crippen LogP contribution in [0, 0.1) is 0 Å². The minimum atomic E-state index is -1.18. The van der Waals surface area contributed by atoms with Gasteiger partial charge in [0.1, 0.15) is 30.5 Å². The van der Waals surface area contributed by atoms with Gasteiger partial charge < -0.3 is 25.4 Å². The number of aliphatic hydroxyl groups excluding tert-OH is 1. The molecule has 0 aliphatic carbocycles. The van der Waals surface area contributed by atoms with Gasteiger partial charge in [-0.3, -0.25) is 19.7 Å². The van der Waals surface area contributed by atoms with E-state index in [1.807, 2.05) is 61.5 Å². The van der Waals surface area contributed by atoms with E-state index in [2.05, 4.69) is 22.5 Å². The fourth-order valence-electron chi connectivity index (χ4n) is 4.50. The monoisotopic (exact) mass is 536 g/mol. The van der Waals surface area contributed by atoms with Crippen LogP contribution >= 0.6 is 0 Å². The van der Waals surface area contributed by atoms with Gasteiger partial charge in [0, 0.05) is 26.6 Å². The fraction of sp³-hybridized carbons (Fsp3) is 0.433. The van der Waals surface area contributed by atoms with Crippen LogP contribution in [0.3, 0.4) is 0 Å². The molecule has 3 atom stereocenters. The Hall–Kier alpha value is -3.69. The van der Waals surface area contributed by atoms with E-state index in [-0.39, 0.29) is 12.3 Å². The molecule has 0 radical (unpaired) electrons. The van der Waals surface area contributed by atoms with Crippen molar-refractivity contribution in [3.63, 3.8) is 0 Å². The number of nitrogens with one attached hydrogen (secondary N) is 3. The Balaban J connectivity index is 1.89. The maximum Gasteiger partial charge on any atom is 0.245 e. The molecule has 0 bridgehead atoms. The summed E-state index contributed by atoms with van der Waals surface area (Å²) in [6.07, 6.45) is 2.20. The SMILES string of the molecule is C=C(CC)[C@@H]1NCCOc2ccccc2CCCNC(=O)[C@@H](Cc2ccccc2)NC(=O)[C@@H](CO)N(C)C1=O. The van der Waals surface area contributed by atoms with Crippen LogP contribution in [0.2, 0.25) is 0 Å². The molecule has 0 saturated carbocycles. The molecule has 3 amide bonds. The van der Waals surface area contributed by atoms with Gasteiger partial charge in [0.2, 0.25) is 17.7 Å². The molecule has 9 heteroatoms. The van der Waals surface area contributed by atoms with Crippen LogP contribution in [-0.2, 0) is 27.2 Å². The highest BCUT2D eigenvalue weighted by Gasteiger charge is 2.33. The number of benzene rings is 2. The lowest BCUT2D eigenvalue weighted by atomic mass is 10.0. The summed E-state index contributed by atoms with van der Waals surface area (Å²) < 4.78 is 6.01. The van der Waals surface area contributed by atoms with Crippen molar-refractivity contribution in [3.8, 4) is 5.75 Å². The van der Waals surface area contributed by atoms with E-state index < -0.39 is 36.5 Å². The van der Waals surface area contributed by atoms with Gasteiger partial charge in [0.05, 0.1) is 6.61 Å². The van der Waals surface area contributed by atoms with Gasteiger partial charge in [-0.15, -0.1) is 0 Å². The average molecular weight is 537 g/mol. The number of aliphatic hydroxyl groups is 1. The zero-order valence-corrected chi connectivity index (χ0v) is 22.8. The standard InChI is InChI=1S/C30H40N4O5/c1-4-21(2)27-30(38)34(3)25(20-35)29(37)33-24(19-22-11-6-5-7-12-22)28(36)32-16-10-14-23-13-8-9-15-26(23)39-18-17-31-27/h5-9,11-13,15,24-25,27,31,35H,2,4,10,14,16-20H2,1,3H3,(H,32,36)(H,33,37)/t24-,25-,27+/m1/s1. The van der Waals surface area contributed by atoms with Crippen LogP contribution in [0.4, 0.5) is 0 Å². The summed E-state index contributed by atoms with van der Waals surface area (Å²) in [7, 11) is 1.47. The summed E-state index contributed by atoms with van der Waals surface area (Å²) in [6.45, 7) is 6.46. The highest BCUT2D eigenvalue weighted by atomic mass is 16.5. The molecule has 2 aromatic rings. The average Bonchev–Trinajstić information content (AvgIpc) is 2.95. The number of fused-ring (bicyclic) bond motifs is 1. The second-order valence-electron chi connectivity index (χ2n) is 9.65. The minimum Gasteiger partial charge on any atom is -0.492 e. The summed E-state index contributed by atoms with van der Waals surface area (Å²) in [6, 6.07) is 14.3. The van der Waals surface area contributed by atoms with Crippen molar-refractivity contribution in [1.29, 1.82) is 0 Å². The van der Waals surface area contributed by atoms with Crippen LogP contribution in [0.1, 0.15) is 30.9 Å². The first-order chi connectivity index (χ1) is 18.8. The first kappa shape index (κ1) is 29.9. The molecule has 0 aromatic heterocycles. The van der Waals surface area contributed by atoms with Gasteiger partial charge in [-0.05, 0) is 36.5 Å². The molecule has 0 spiro atoms. The van der Waals surface area contributed by atoms with E-state index in [9.17, 15) is 19.5 Å². The number of nitrogens with zero attached hydrogens (tertiary/aromatic N) is 1. The Morgan fingerprint density at radius 3 is 2.49 bits per heavy atom. The van der Waals surface area contributed by atoms with Gasteiger partial charge in [0.25, 0.3) is 0 Å². The van der Waals surface area contributed by atoms with Crippen LogP contribution in [0.25, 0.3) is 0 Å². The van der Waals surface area contributed by atoms with Crippen molar-refractivity contribution < 1.29 is 24.2 Å². The summed E-state index contributed by atoms with van der Waals surface area (Å²) in [5, 5.41) is 19.0. The first-order valence-electron chi connectivity index (χ1n) is 13.5. The second kappa shape index (κ2) is 15.0. The molecule has 1 aliphatic heterocycles. The lowest BCUT2D eigenvalue weighted by Gasteiger charge is -2.31. The molecule has 210 valence electrons. The number of aryl methyl sites for hydroxylation is 1. The van der Waals surface area contributed by atoms with Crippen LogP contribution < -0.4 is 20.7 Å². The molecule has 0 fully saturated rings. The normalized spacial score (nSPS) is 22.0. The summed E-state index contributed by atoms with van der Waals surface area (Å²) in [5.74, 6) is -0.580. The second-order valence-corrected chi connectivity index (χ2v) is 9.65. The Morgan fingerprint density at radius 1 is 1.05 bits per heavy atom. The number of hydrogen-bond donors (Lipinski definition) is 4. The molecular formula is C30H40N4O5. The Bertz CT molecular complexity index is 1120. The Morgan fingerprint density at radius 2 is 1.77 bits per heavy atom. The molecule has 1 heterocycles. The predicted octanol–water partition coefficient (Wildman–Crippen LogP) is 1.60. The molecule has 4 N–H and O–H groups in total. The topological polar surface area (TPSA) is 120 Å². The van der Waals surface area contributed by atoms with Crippen molar-refractivity contribution >= 4 is 17.7 Å². The summed E-state index contributed by atoms with van der Waals surface area (Å²) in [5.41, 5.74) is 2.55. The zero-order chi connectivity index (χ0) is 28.2. The molecule has 3 rings (SSSR count). The third kappa shape index (κ3) is 8.40. The van der Waals surface area contributed by atoms with Crippen molar-refractivity contribution in [2.75, 3.05) is 33.4 Å².